The first-order valence-electron chi connectivity index (χ1n) is 7.83. The van der Waals surface area contributed by atoms with Gasteiger partial charge in [0.2, 0.25) is 0 Å². The summed E-state index contributed by atoms with van der Waals surface area (Å²) in [6, 6.07) is 0. The molecule has 0 fully saturated rings. The van der Waals surface area contributed by atoms with Gasteiger partial charge in [-0.15, -0.1) is 0 Å². The van der Waals surface area contributed by atoms with Crippen molar-refractivity contribution >= 4 is 10.4 Å². The van der Waals surface area contributed by atoms with Crippen LogP contribution < -0.4 is 0 Å². The molecule has 0 amide bonds. The van der Waals surface area contributed by atoms with E-state index in [1.54, 1.807) is 0 Å². The monoisotopic (exact) mass is 326 g/mol. The van der Waals surface area contributed by atoms with E-state index in [0.717, 1.165) is 13.0 Å². The van der Waals surface area contributed by atoms with Crippen molar-refractivity contribution in [2.75, 3.05) is 33.0 Å². The Bertz CT molecular complexity index is 305. The van der Waals surface area contributed by atoms with Gasteiger partial charge in [-0.1, -0.05) is 51.9 Å². The van der Waals surface area contributed by atoms with Crippen molar-refractivity contribution in [3.63, 3.8) is 0 Å². The molecule has 0 bridgehead atoms. The van der Waals surface area contributed by atoms with Crippen LogP contribution in [-0.4, -0.2) is 46.0 Å². The van der Waals surface area contributed by atoms with Crippen molar-refractivity contribution in [1.82, 2.24) is 0 Å². The Morgan fingerprint density at radius 3 is 1.76 bits per heavy atom. The zero-order valence-corrected chi connectivity index (χ0v) is 13.9. The summed E-state index contributed by atoms with van der Waals surface area (Å²) in [5, 5.41) is 0. The first-order valence-corrected chi connectivity index (χ1v) is 9.20. The van der Waals surface area contributed by atoms with Crippen LogP contribution in [0.1, 0.15) is 58.3 Å². The first-order chi connectivity index (χ1) is 10.1. The molecule has 0 heterocycles. The van der Waals surface area contributed by atoms with Crippen molar-refractivity contribution in [2.24, 2.45) is 0 Å². The van der Waals surface area contributed by atoms with Crippen molar-refractivity contribution < 1.29 is 26.6 Å². The molecule has 0 spiro atoms. The highest BCUT2D eigenvalue weighted by atomic mass is 32.3. The third kappa shape index (κ3) is 19.8. The maximum absolute atomic E-state index is 10.2. The lowest BCUT2D eigenvalue weighted by Gasteiger charge is -2.05. The number of unbranched alkanes of at least 4 members (excludes halogenated alkanes) is 7. The van der Waals surface area contributed by atoms with Crippen molar-refractivity contribution in [1.29, 1.82) is 0 Å². The quantitative estimate of drug-likeness (QED) is 0.347. The lowest BCUT2D eigenvalue weighted by Crippen LogP contribution is -2.12. The fraction of sp³-hybridized carbons (Fsp3) is 1.00. The van der Waals surface area contributed by atoms with Gasteiger partial charge in [-0.25, -0.2) is 4.18 Å². The molecule has 0 radical (unpaired) electrons. The van der Waals surface area contributed by atoms with E-state index >= 15 is 0 Å². The van der Waals surface area contributed by atoms with Gasteiger partial charge in [-0.2, -0.15) is 8.42 Å². The minimum absolute atomic E-state index is 0.112. The van der Waals surface area contributed by atoms with Gasteiger partial charge in [0, 0.05) is 6.61 Å². The van der Waals surface area contributed by atoms with Crippen LogP contribution in [0, 0.1) is 0 Å². The molecule has 0 saturated carbocycles. The molecule has 128 valence electrons. The average Bonchev–Trinajstić information content (AvgIpc) is 2.42. The van der Waals surface area contributed by atoms with Crippen molar-refractivity contribution in [3.05, 3.63) is 0 Å². The number of ether oxygens (including phenoxy) is 2. The predicted molar refractivity (Wildman–Crippen MR) is 81.7 cm³/mol. The van der Waals surface area contributed by atoms with Crippen molar-refractivity contribution in [3.8, 4) is 0 Å². The third-order valence-corrected chi connectivity index (χ3v) is 3.44. The van der Waals surface area contributed by atoms with Gasteiger partial charge in [0.25, 0.3) is 0 Å². The SMILES string of the molecule is CCCCCCCCCCOCCOCCOS(=O)(=O)O. The van der Waals surface area contributed by atoms with Crippen LogP contribution in [0.3, 0.4) is 0 Å². The van der Waals surface area contributed by atoms with E-state index in [1.807, 2.05) is 0 Å². The topological polar surface area (TPSA) is 82.1 Å². The highest BCUT2D eigenvalue weighted by molar-refractivity contribution is 7.80. The predicted octanol–water partition coefficient (Wildman–Crippen LogP) is 2.98. The summed E-state index contributed by atoms with van der Waals surface area (Å²) in [5.74, 6) is 0. The standard InChI is InChI=1S/C14H30O6S/c1-2-3-4-5-6-7-8-9-10-18-11-12-19-13-14-20-21(15,16)17/h2-14H2,1H3,(H,15,16,17). The fourth-order valence-electron chi connectivity index (χ4n) is 1.86. The highest BCUT2D eigenvalue weighted by Crippen LogP contribution is 2.08. The summed E-state index contributed by atoms with van der Waals surface area (Å²) in [6.07, 6.45) is 10.2. The number of rotatable bonds is 16. The lowest BCUT2D eigenvalue weighted by atomic mass is 10.1. The Morgan fingerprint density at radius 2 is 1.19 bits per heavy atom. The zero-order chi connectivity index (χ0) is 15.8. The minimum atomic E-state index is -4.35. The second-order valence-corrected chi connectivity index (χ2v) is 6.04. The molecule has 0 aromatic rings. The summed E-state index contributed by atoms with van der Waals surface area (Å²) in [5.41, 5.74) is 0. The van der Waals surface area contributed by atoms with Gasteiger partial charge in [-0.05, 0) is 6.42 Å². The molecule has 0 aliphatic heterocycles. The second-order valence-electron chi connectivity index (χ2n) is 4.95. The van der Waals surface area contributed by atoms with Crippen LogP contribution in [0.25, 0.3) is 0 Å². The second kappa shape index (κ2) is 14.7. The zero-order valence-electron chi connectivity index (χ0n) is 13.1. The van der Waals surface area contributed by atoms with Crippen LogP contribution in [0.4, 0.5) is 0 Å². The first kappa shape index (κ1) is 20.8. The molecule has 0 aromatic heterocycles. The van der Waals surface area contributed by atoms with Crippen molar-refractivity contribution in [2.45, 2.75) is 58.3 Å². The molecular weight excluding hydrogens is 296 g/mol. The largest absolute Gasteiger partial charge is 0.397 e. The van der Waals surface area contributed by atoms with Gasteiger partial charge in [-0.3, -0.25) is 4.55 Å². The van der Waals surface area contributed by atoms with E-state index in [1.165, 1.54) is 44.9 Å². The smallest absolute Gasteiger partial charge is 0.379 e. The average molecular weight is 326 g/mol. The molecule has 0 aliphatic rings. The Balaban J connectivity index is 3.03. The molecule has 21 heavy (non-hydrogen) atoms. The van der Waals surface area contributed by atoms with Gasteiger partial charge in [0.05, 0.1) is 26.4 Å². The molecule has 0 saturated heterocycles. The van der Waals surface area contributed by atoms with E-state index in [-0.39, 0.29) is 13.2 Å². The Kier molecular flexibility index (Phi) is 14.6. The molecule has 0 aromatic carbocycles. The molecule has 0 aliphatic carbocycles. The molecule has 0 atom stereocenters. The Labute approximate surface area is 129 Å². The summed E-state index contributed by atoms with van der Waals surface area (Å²) in [7, 11) is -4.35. The Morgan fingerprint density at radius 1 is 0.714 bits per heavy atom. The maximum Gasteiger partial charge on any atom is 0.397 e. The summed E-state index contributed by atoms with van der Waals surface area (Å²) in [4.78, 5) is 0. The van der Waals surface area contributed by atoms with Crippen LogP contribution in [0.2, 0.25) is 0 Å². The van der Waals surface area contributed by atoms with Crippen LogP contribution >= 0.6 is 0 Å². The van der Waals surface area contributed by atoms with E-state index < -0.39 is 10.4 Å². The molecule has 0 unspecified atom stereocenters. The molecule has 1 N–H and O–H groups in total. The third-order valence-electron chi connectivity index (χ3n) is 2.97. The van der Waals surface area contributed by atoms with Gasteiger partial charge in [0.1, 0.15) is 0 Å². The fourth-order valence-corrected chi connectivity index (χ4v) is 2.14. The normalized spacial score (nSPS) is 11.9. The van der Waals surface area contributed by atoms with E-state index in [2.05, 4.69) is 11.1 Å². The number of hydrogen-bond acceptors (Lipinski definition) is 5. The van der Waals surface area contributed by atoms with Gasteiger partial charge >= 0.3 is 10.4 Å². The summed E-state index contributed by atoms with van der Waals surface area (Å²) in [6.45, 7) is 3.77. The van der Waals surface area contributed by atoms with Gasteiger partial charge in [0.15, 0.2) is 0 Å². The molecule has 7 heteroatoms. The van der Waals surface area contributed by atoms with Crippen LogP contribution in [-0.2, 0) is 24.1 Å². The maximum atomic E-state index is 10.2. The van der Waals surface area contributed by atoms with E-state index in [4.69, 9.17) is 14.0 Å². The minimum Gasteiger partial charge on any atom is -0.379 e. The number of hydrogen-bond donors (Lipinski definition) is 1. The Hall–Kier alpha value is -0.210. The van der Waals surface area contributed by atoms with E-state index in [0.29, 0.717) is 13.2 Å². The molecule has 0 rings (SSSR count). The lowest BCUT2D eigenvalue weighted by molar-refractivity contribution is 0.0346. The summed E-state index contributed by atoms with van der Waals surface area (Å²) >= 11 is 0. The van der Waals surface area contributed by atoms with Crippen LogP contribution in [0.5, 0.6) is 0 Å². The summed E-state index contributed by atoms with van der Waals surface area (Å²) < 4.78 is 43.3. The van der Waals surface area contributed by atoms with Crippen LogP contribution in [0.15, 0.2) is 0 Å². The van der Waals surface area contributed by atoms with E-state index in [9.17, 15) is 8.42 Å². The highest BCUT2D eigenvalue weighted by Gasteiger charge is 2.02. The molecule has 6 nitrogen and oxygen atoms in total. The molecular formula is C14H30O6S. The van der Waals surface area contributed by atoms with Gasteiger partial charge < -0.3 is 9.47 Å².